The number of aromatic nitrogens is 1. The summed E-state index contributed by atoms with van der Waals surface area (Å²) < 4.78 is 10.7. The summed E-state index contributed by atoms with van der Waals surface area (Å²) >= 11 is 0. The van der Waals surface area contributed by atoms with Crippen LogP contribution in [-0.2, 0) is 4.74 Å². The highest BCUT2D eigenvalue weighted by molar-refractivity contribution is 8.35. The Morgan fingerprint density at radius 2 is 1.74 bits per heavy atom. The van der Waals surface area contributed by atoms with Crippen LogP contribution in [0.3, 0.4) is 0 Å². The van der Waals surface area contributed by atoms with Crippen molar-refractivity contribution in [2.24, 2.45) is 0 Å². The molecule has 0 unspecified atom stereocenters. The van der Waals surface area contributed by atoms with Gasteiger partial charge in [0.25, 0.3) is 0 Å². The molecule has 3 aromatic rings. The van der Waals surface area contributed by atoms with Gasteiger partial charge < -0.3 is 9.47 Å². The lowest BCUT2D eigenvalue weighted by Crippen LogP contribution is -2.00. The highest BCUT2D eigenvalue weighted by Crippen LogP contribution is 2.33. The molecule has 0 radical (unpaired) electrons. The number of benzene rings is 2. The first-order valence-electron chi connectivity index (χ1n) is 8.33. The van der Waals surface area contributed by atoms with E-state index in [1.165, 1.54) is 7.11 Å². The van der Waals surface area contributed by atoms with Crippen LogP contribution in [0.15, 0.2) is 54.6 Å². The van der Waals surface area contributed by atoms with Crippen molar-refractivity contribution >= 4 is 26.9 Å². The Kier molecular flexibility index (Phi) is 5.38. The van der Waals surface area contributed by atoms with Crippen molar-refractivity contribution in [3.05, 3.63) is 65.9 Å². The third-order valence-electron chi connectivity index (χ3n) is 3.68. The van der Waals surface area contributed by atoms with Crippen LogP contribution in [0.25, 0.3) is 10.9 Å². The molecule has 0 atom stereocenters. The molecule has 0 aliphatic rings. The standard InChI is InChI=1S/C22H21NO3S/c1-25-22(24)16-8-11-18(12-9-16)26-21-7-5-6-20-19(21)13-10-17(23-20)14-15-27(2,3)4/h5-13H,1-4H3. The van der Waals surface area contributed by atoms with Gasteiger partial charge in [0, 0.05) is 5.39 Å². The molecule has 0 bridgehead atoms. The molecule has 0 amide bonds. The van der Waals surface area contributed by atoms with E-state index in [0.717, 1.165) is 16.6 Å². The fourth-order valence-electron chi connectivity index (χ4n) is 2.39. The second-order valence-electron chi connectivity index (χ2n) is 6.70. The molecule has 138 valence electrons. The smallest absolute Gasteiger partial charge is 0.337 e. The molecule has 0 fully saturated rings. The van der Waals surface area contributed by atoms with Crippen molar-refractivity contribution in [1.82, 2.24) is 4.98 Å². The number of carbonyl (C=O) groups excluding carboxylic acids is 1. The van der Waals surface area contributed by atoms with Gasteiger partial charge in [-0.3, -0.25) is 0 Å². The highest BCUT2D eigenvalue weighted by atomic mass is 32.3. The molecule has 0 aliphatic carbocycles. The van der Waals surface area contributed by atoms with Gasteiger partial charge in [-0.05, 0) is 78.5 Å². The maximum Gasteiger partial charge on any atom is 0.337 e. The maximum absolute atomic E-state index is 11.5. The van der Waals surface area contributed by atoms with Crippen LogP contribution in [0.5, 0.6) is 11.5 Å². The molecule has 1 aromatic heterocycles. The lowest BCUT2D eigenvalue weighted by molar-refractivity contribution is 0.0600. The number of hydrogen-bond acceptors (Lipinski definition) is 4. The Morgan fingerprint density at radius 3 is 2.41 bits per heavy atom. The van der Waals surface area contributed by atoms with Crippen LogP contribution in [0.2, 0.25) is 0 Å². The van der Waals surface area contributed by atoms with Crippen molar-refractivity contribution in [3.63, 3.8) is 0 Å². The minimum Gasteiger partial charge on any atom is -0.465 e. The van der Waals surface area contributed by atoms with Gasteiger partial charge in [0.15, 0.2) is 0 Å². The molecule has 0 saturated heterocycles. The SMILES string of the molecule is COC(=O)c1ccc(Oc2cccc3nc(C#CS(C)(C)C)ccc23)cc1. The second-order valence-corrected chi connectivity index (χ2v) is 10.6. The van der Waals surface area contributed by atoms with Crippen LogP contribution in [0.1, 0.15) is 16.1 Å². The third kappa shape index (κ3) is 4.81. The van der Waals surface area contributed by atoms with Gasteiger partial charge in [0.05, 0.1) is 18.2 Å². The van der Waals surface area contributed by atoms with Crippen LogP contribution in [0.4, 0.5) is 0 Å². The molecule has 0 aliphatic heterocycles. The average molecular weight is 379 g/mol. The van der Waals surface area contributed by atoms with E-state index in [2.05, 4.69) is 34.9 Å². The lowest BCUT2D eigenvalue weighted by Gasteiger charge is -2.14. The number of ether oxygens (including phenoxy) is 2. The number of nitrogens with zero attached hydrogens (tertiary/aromatic N) is 1. The summed E-state index contributed by atoms with van der Waals surface area (Å²) in [5, 5.41) is 4.18. The van der Waals surface area contributed by atoms with Gasteiger partial charge >= 0.3 is 5.97 Å². The summed E-state index contributed by atoms with van der Waals surface area (Å²) in [6.07, 6.45) is 6.45. The van der Waals surface area contributed by atoms with Crippen molar-refractivity contribution in [3.8, 4) is 22.7 Å². The molecule has 4 nitrogen and oxygen atoms in total. The molecule has 2 aromatic carbocycles. The van der Waals surface area contributed by atoms with Gasteiger partial charge in [-0.15, -0.1) is 0 Å². The normalized spacial score (nSPS) is 11.4. The van der Waals surface area contributed by atoms with Gasteiger partial charge in [-0.1, -0.05) is 6.07 Å². The molecular formula is C22H21NO3S. The van der Waals surface area contributed by atoms with Crippen molar-refractivity contribution in [2.75, 3.05) is 25.9 Å². The topological polar surface area (TPSA) is 48.4 Å². The highest BCUT2D eigenvalue weighted by Gasteiger charge is 2.08. The van der Waals surface area contributed by atoms with Gasteiger partial charge in [-0.25, -0.2) is 9.78 Å². The average Bonchev–Trinajstić information content (AvgIpc) is 2.66. The molecule has 0 saturated carbocycles. The molecule has 5 heteroatoms. The Labute approximate surface area is 160 Å². The zero-order valence-electron chi connectivity index (χ0n) is 15.8. The number of pyridine rings is 1. The van der Waals surface area contributed by atoms with E-state index in [-0.39, 0.29) is 5.97 Å². The number of fused-ring (bicyclic) bond motifs is 1. The largest absolute Gasteiger partial charge is 0.465 e. The number of methoxy groups -OCH3 is 1. The van der Waals surface area contributed by atoms with Crippen molar-refractivity contribution in [1.29, 1.82) is 0 Å². The number of carbonyl (C=O) groups is 1. The van der Waals surface area contributed by atoms with E-state index in [1.807, 2.05) is 30.3 Å². The lowest BCUT2D eigenvalue weighted by atomic mass is 10.2. The molecule has 27 heavy (non-hydrogen) atoms. The molecule has 0 spiro atoms. The second kappa shape index (κ2) is 7.73. The summed E-state index contributed by atoms with van der Waals surface area (Å²) in [5.74, 6) is 4.12. The Bertz CT molecular complexity index is 1040. The minimum atomic E-state index is -0.895. The number of rotatable bonds is 3. The third-order valence-corrected chi connectivity index (χ3v) is 4.39. The summed E-state index contributed by atoms with van der Waals surface area (Å²) in [5.41, 5.74) is 2.06. The summed E-state index contributed by atoms with van der Waals surface area (Å²) in [6.45, 7) is 0. The van der Waals surface area contributed by atoms with Crippen LogP contribution >= 0.6 is 10.0 Å². The van der Waals surface area contributed by atoms with Gasteiger partial charge in [0.2, 0.25) is 0 Å². The number of hydrogen-bond donors (Lipinski definition) is 0. The number of esters is 1. The monoisotopic (exact) mass is 379 g/mol. The fourth-order valence-corrected chi connectivity index (χ4v) is 2.81. The van der Waals surface area contributed by atoms with Gasteiger partial charge in [-0.2, -0.15) is 10.0 Å². The van der Waals surface area contributed by atoms with Crippen molar-refractivity contribution < 1.29 is 14.3 Å². The Hall–Kier alpha value is -2.97. The first-order chi connectivity index (χ1) is 12.9. The van der Waals surface area contributed by atoms with Crippen LogP contribution in [-0.4, -0.2) is 36.8 Å². The zero-order valence-corrected chi connectivity index (χ0v) is 16.6. The van der Waals surface area contributed by atoms with E-state index in [0.29, 0.717) is 17.1 Å². The van der Waals surface area contributed by atoms with E-state index in [4.69, 9.17) is 9.47 Å². The minimum absolute atomic E-state index is 0.373. The van der Waals surface area contributed by atoms with E-state index < -0.39 is 10.0 Å². The van der Waals surface area contributed by atoms with E-state index >= 15 is 0 Å². The van der Waals surface area contributed by atoms with Crippen molar-refractivity contribution in [2.45, 2.75) is 0 Å². The first kappa shape index (κ1) is 18.8. The van der Waals surface area contributed by atoms with Gasteiger partial charge in [0.1, 0.15) is 17.2 Å². The Balaban J connectivity index is 1.89. The Morgan fingerprint density at radius 1 is 1.00 bits per heavy atom. The van der Waals surface area contributed by atoms with Crippen LogP contribution < -0.4 is 4.74 Å². The fraction of sp³-hybridized carbons (Fsp3) is 0.182. The van der Waals surface area contributed by atoms with Crippen LogP contribution in [0, 0.1) is 11.2 Å². The summed E-state index contributed by atoms with van der Waals surface area (Å²) in [6, 6.07) is 16.4. The summed E-state index contributed by atoms with van der Waals surface area (Å²) in [7, 11) is 0.464. The predicted molar refractivity (Wildman–Crippen MR) is 112 cm³/mol. The van der Waals surface area contributed by atoms with E-state index in [9.17, 15) is 4.79 Å². The molecular weight excluding hydrogens is 358 g/mol. The van der Waals surface area contributed by atoms with E-state index in [1.54, 1.807) is 24.3 Å². The quantitative estimate of drug-likeness (QED) is 0.484. The maximum atomic E-state index is 11.5. The zero-order chi connectivity index (χ0) is 19.4. The molecule has 0 N–H and O–H groups in total. The molecule has 1 heterocycles. The predicted octanol–water partition coefficient (Wildman–Crippen LogP) is 4.82. The molecule has 3 rings (SSSR count). The summed E-state index contributed by atoms with van der Waals surface area (Å²) in [4.78, 5) is 16.2. The first-order valence-corrected chi connectivity index (χ1v) is 11.2.